The second kappa shape index (κ2) is 14.2. The second-order valence-corrected chi connectivity index (χ2v) is 13.2. The first-order chi connectivity index (χ1) is 25.1. The van der Waals surface area contributed by atoms with E-state index in [1.165, 1.54) is 0 Å². The highest BCUT2D eigenvalue weighted by atomic mass is 35.5. The van der Waals surface area contributed by atoms with Gasteiger partial charge in [-0.05, 0) is 72.8 Å². The highest BCUT2D eigenvalue weighted by Crippen LogP contribution is 2.45. The number of alkyl halides is 1. The summed E-state index contributed by atoms with van der Waals surface area (Å²) in [6, 6.07) is 23.2. The van der Waals surface area contributed by atoms with Crippen LogP contribution in [0.15, 0.2) is 84.0 Å². The average Bonchev–Trinajstić information content (AvgIpc) is 3.87. The molecule has 0 aliphatic carbocycles. The summed E-state index contributed by atoms with van der Waals surface area (Å²) in [6.07, 6.45) is 0.716. The molecule has 0 fully saturated rings. The number of aromatic amines is 2. The van der Waals surface area contributed by atoms with E-state index in [0.29, 0.717) is 46.4 Å². The molecule has 4 amide bonds. The largest absolute Gasteiger partial charge is 0.507 e. The van der Waals surface area contributed by atoms with Crippen molar-refractivity contribution in [3.63, 3.8) is 0 Å². The number of halogens is 1. The molecule has 1 aliphatic rings. The minimum atomic E-state index is -0.368. The fourth-order valence-corrected chi connectivity index (χ4v) is 6.74. The molecule has 13 heteroatoms. The number of carbonyl (C=O) groups is 4. The van der Waals surface area contributed by atoms with E-state index >= 15 is 0 Å². The summed E-state index contributed by atoms with van der Waals surface area (Å²) in [7, 11) is 0. The predicted octanol–water partition coefficient (Wildman–Crippen LogP) is 7.36. The van der Waals surface area contributed by atoms with Crippen molar-refractivity contribution in [3.8, 4) is 5.75 Å². The van der Waals surface area contributed by atoms with Crippen molar-refractivity contribution in [2.45, 2.75) is 39.0 Å². The smallest absolute Gasteiger partial charge is 0.274 e. The van der Waals surface area contributed by atoms with Gasteiger partial charge in [0.1, 0.15) is 17.1 Å². The number of amides is 4. The van der Waals surface area contributed by atoms with E-state index in [9.17, 15) is 24.3 Å². The van der Waals surface area contributed by atoms with Gasteiger partial charge in [-0.15, -0.1) is 11.6 Å². The minimum absolute atomic E-state index is 0.000190. The quantitative estimate of drug-likeness (QED) is 0.0493. The number of H-pyrrole nitrogens is 2. The maximum atomic E-state index is 13.9. The van der Waals surface area contributed by atoms with Crippen LogP contribution in [0.4, 0.5) is 17.1 Å². The fourth-order valence-electron chi connectivity index (χ4n) is 6.49. The van der Waals surface area contributed by atoms with Crippen LogP contribution in [0.25, 0.3) is 32.6 Å². The third kappa shape index (κ3) is 6.80. The Hall–Kier alpha value is -6.14. The van der Waals surface area contributed by atoms with Crippen molar-refractivity contribution in [1.29, 1.82) is 0 Å². The molecule has 3 heterocycles. The van der Waals surface area contributed by atoms with E-state index in [0.717, 1.165) is 44.8 Å². The summed E-state index contributed by atoms with van der Waals surface area (Å²) >= 11 is 6.37. The van der Waals surface area contributed by atoms with Crippen LogP contribution in [-0.2, 0) is 9.59 Å². The van der Waals surface area contributed by atoms with Gasteiger partial charge in [0.25, 0.3) is 11.8 Å². The van der Waals surface area contributed by atoms with E-state index < -0.39 is 0 Å². The normalized spacial score (nSPS) is 14.2. The van der Waals surface area contributed by atoms with Gasteiger partial charge in [0.15, 0.2) is 0 Å². The Morgan fingerprint density at radius 1 is 0.846 bits per heavy atom. The first-order valence-corrected chi connectivity index (χ1v) is 17.5. The lowest BCUT2D eigenvalue weighted by atomic mass is 9.95. The molecule has 2 aromatic heterocycles. The van der Waals surface area contributed by atoms with Gasteiger partial charge in [-0.2, -0.15) is 5.10 Å². The van der Waals surface area contributed by atoms with Crippen LogP contribution in [0.5, 0.6) is 5.75 Å². The number of fused-ring (bicyclic) bond motifs is 5. The molecule has 1 aliphatic heterocycles. The van der Waals surface area contributed by atoms with Gasteiger partial charge < -0.3 is 30.6 Å². The summed E-state index contributed by atoms with van der Waals surface area (Å²) in [4.78, 5) is 59.5. The summed E-state index contributed by atoms with van der Waals surface area (Å²) in [5.74, 6) is -0.942. The first-order valence-electron chi connectivity index (χ1n) is 16.9. The fraction of sp³-hybridized carbons (Fsp3) is 0.205. The molecule has 0 saturated carbocycles. The zero-order valence-electron chi connectivity index (χ0n) is 28.5. The monoisotopic (exact) mass is 717 g/mol. The lowest BCUT2D eigenvalue weighted by Crippen LogP contribution is -2.30. The van der Waals surface area contributed by atoms with Gasteiger partial charge in [0, 0.05) is 81.5 Å². The topological polar surface area (TPSA) is 172 Å². The summed E-state index contributed by atoms with van der Waals surface area (Å²) in [5, 5.41) is 23.5. The van der Waals surface area contributed by atoms with Crippen LogP contribution >= 0.6 is 11.6 Å². The first kappa shape index (κ1) is 34.3. The third-order valence-electron chi connectivity index (χ3n) is 9.30. The average molecular weight is 718 g/mol. The summed E-state index contributed by atoms with van der Waals surface area (Å²) < 4.78 is 0. The van der Waals surface area contributed by atoms with Crippen LogP contribution in [0.3, 0.4) is 0 Å². The van der Waals surface area contributed by atoms with Crippen LogP contribution in [-0.4, -0.2) is 56.8 Å². The third-order valence-corrected chi connectivity index (χ3v) is 9.67. The lowest BCUT2D eigenvalue weighted by molar-refractivity contribution is -0.124. The Morgan fingerprint density at radius 2 is 1.48 bits per heavy atom. The zero-order valence-corrected chi connectivity index (χ0v) is 29.2. The molecular weight excluding hydrogens is 682 g/mol. The number of rotatable bonds is 10. The molecule has 0 spiro atoms. The molecule has 0 radical (unpaired) electrons. The number of hydrogen-bond donors (Lipinski definition) is 6. The molecule has 0 saturated heterocycles. The molecule has 4 aromatic carbocycles. The van der Waals surface area contributed by atoms with Crippen LogP contribution < -0.4 is 21.0 Å². The van der Waals surface area contributed by atoms with E-state index in [1.807, 2.05) is 38.1 Å². The van der Waals surface area contributed by atoms with Crippen molar-refractivity contribution in [3.05, 3.63) is 95.8 Å². The van der Waals surface area contributed by atoms with Gasteiger partial charge in [0.2, 0.25) is 11.8 Å². The Kier molecular flexibility index (Phi) is 9.39. The van der Waals surface area contributed by atoms with Crippen molar-refractivity contribution in [2.75, 3.05) is 28.0 Å². The number of nitrogens with zero attached hydrogens (tertiary/aromatic N) is 2. The van der Waals surface area contributed by atoms with E-state index in [2.05, 4.69) is 31.1 Å². The SMILES string of the molecule is CC/C(C)=N/NC(=O)CCC(=O)Nc1ccc2[nH]c(C(=O)Nc3ccc4[nH]c(C(=O)N5CC(CCl)c6c5cc(O)c5ccccc65)cc4c3)cc2c1. The molecular formula is C39H36ClN7O5. The van der Waals surface area contributed by atoms with Gasteiger partial charge in [0.05, 0.1) is 5.69 Å². The van der Waals surface area contributed by atoms with Gasteiger partial charge in [-0.3, -0.25) is 19.2 Å². The number of aromatic hydroxyl groups is 1. The summed E-state index contributed by atoms with van der Waals surface area (Å²) in [6.45, 7) is 4.13. The number of nitrogens with one attached hydrogen (secondary N) is 5. The maximum absolute atomic E-state index is 13.9. The highest BCUT2D eigenvalue weighted by molar-refractivity contribution is 6.19. The minimum Gasteiger partial charge on any atom is -0.507 e. The number of hydrazone groups is 1. The number of benzene rings is 4. The molecule has 52 heavy (non-hydrogen) atoms. The number of phenols is 1. The molecule has 12 nitrogen and oxygen atoms in total. The van der Waals surface area contributed by atoms with Crippen molar-refractivity contribution in [2.24, 2.45) is 5.10 Å². The molecule has 6 N–H and O–H groups in total. The number of phenolic OH excluding ortho intramolecular Hbond substituents is 1. The Labute approximate surface area is 303 Å². The molecule has 1 atom stereocenters. The molecule has 0 bridgehead atoms. The number of aromatic nitrogens is 2. The van der Waals surface area contributed by atoms with E-state index in [4.69, 9.17) is 11.6 Å². The van der Waals surface area contributed by atoms with Gasteiger partial charge >= 0.3 is 0 Å². The van der Waals surface area contributed by atoms with E-state index in [1.54, 1.807) is 59.5 Å². The maximum Gasteiger partial charge on any atom is 0.274 e. The van der Waals surface area contributed by atoms with Gasteiger partial charge in [-0.25, -0.2) is 5.43 Å². The van der Waals surface area contributed by atoms with Crippen molar-refractivity contribution in [1.82, 2.24) is 15.4 Å². The highest BCUT2D eigenvalue weighted by Gasteiger charge is 2.35. The Morgan fingerprint density at radius 3 is 2.17 bits per heavy atom. The number of hydrogen-bond acceptors (Lipinski definition) is 6. The molecule has 6 aromatic rings. The summed E-state index contributed by atoms with van der Waals surface area (Å²) in [5.41, 5.74) is 8.00. The molecule has 264 valence electrons. The number of anilines is 3. The Balaban J connectivity index is 1.02. The Bertz CT molecular complexity index is 2430. The molecule has 7 rings (SSSR count). The van der Waals surface area contributed by atoms with Crippen LogP contribution in [0.2, 0.25) is 0 Å². The molecule has 1 unspecified atom stereocenters. The van der Waals surface area contributed by atoms with Gasteiger partial charge in [-0.1, -0.05) is 31.2 Å². The lowest BCUT2D eigenvalue weighted by Gasteiger charge is -2.17. The second-order valence-electron chi connectivity index (χ2n) is 12.8. The number of carbonyl (C=O) groups excluding carboxylic acids is 4. The van der Waals surface area contributed by atoms with Crippen LogP contribution in [0, 0.1) is 0 Å². The van der Waals surface area contributed by atoms with Crippen molar-refractivity contribution >= 4 is 90.6 Å². The van der Waals surface area contributed by atoms with E-state index in [-0.39, 0.29) is 48.1 Å². The standard InChI is InChI=1S/C39H36ClN7O5/c1-3-21(2)45-46-36(50)13-12-35(49)41-25-8-10-29-22(14-25)16-31(43-29)38(51)42-26-9-11-30-23(15-26)17-32(44-30)39(52)47-20-24(19-40)37-28-7-5-4-6-27(28)34(48)18-33(37)47/h4-11,14-18,24,43-44,48H,3,12-13,19-20H2,1-2H3,(H,41,49)(H,42,51)(H,46,50)/b45-21+. The predicted molar refractivity (Wildman–Crippen MR) is 205 cm³/mol. The van der Waals surface area contributed by atoms with Crippen LogP contribution in [0.1, 0.15) is 65.6 Å². The zero-order chi connectivity index (χ0) is 36.5. The van der Waals surface area contributed by atoms with Crippen molar-refractivity contribution < 1.29 is 24.3 Å².